The molecule has 0 spiro atoms. The van der Waals surface area contributed by atoms with Crippen molar-refractivity contribution in [1.82, 2.24) is 9.97 Å². The number of phenolic OH excluding ortho intramolecular Hbond substituents is 2. The SMILES string of the molecule is O=COc1cc(C(=O)O)c2c(n1)c(O)c(O)c1cc(C(=O)O)[nH]c12. The number of ether oxygens (including phenoxy) is 1. The average molecular weight is 332 g/mol. The zero-order chi connectivity index (χ0) is 17.6. The second-order valence-corrected chi connectivity index (χ2v) is 4.72. The third kappa shape index (κ3) is 2.05. The first-order valence-corrected chi connectivity index (χ1v) is 6.33. The molecule has 0 atom stereocenters. The summed E-state index contributed by atoms with van der Waals surface area (Å²) in [4.78, 5) is 39.3. The number of hydrogen-bond donors (Lipinski definition) is 5. The Labute approximate surface area is 131 Å². The van der Waals surface area contributed by atoms with Crippen molar-refractivity contribution in [3.63, 3.8) is 0 Å². The molecule has 5 N–H and O–H groups in total. The topological polar surface area (TPSA) is 170 Å². The summed E-state index contributed by atoms with van der Waals surface area (Å²) in [5.74, 6) is -4.64. The summed E-state index contributed by atoms with van der Waals surface area (Å²) in [7, 11) is 0. The van der Waals surface area contributed by atoms with Gasteiger partial charge in [-0.25, -0.2) is 14.6 Å². The molecule has 0 saturated heterocycles. The van der Waals surface area contributed by atoms with Crippen LogP contribution in [0, 0.1) is 0 Å². The molecule has 0 radical (unpaired) electrons. The number of nitrogens with one attached hydrogen (secondary N) is 1. The Balaban J connectivity index is 2.56. The molecule has 0 aliphatic rings. The van der Waals surface area contributed by atoms with Crippen molar-refractivity contribution in [2.45, 2.75) is 0 Å². The number of carboxylic acids is 2. The molecule has 0 fully saturated rings. The summed E-state index contributed by atoms with van der Waals surface area (Å²) >= 11 is 0. The lowest BCUT2D eigenvalue weighted by molar-refractivity contribution is -0.120. The van der Waals surface area contributed by atoms with Crippen LogP contribution in [0.4, 0.5) is 0 Å². The fraction of sp³-hybridized carbons (Fsp3) is 0. The van der Waals surface area contributed by atoms with Gasteiger partial charge in [0.1, 0.15) is 11.2 Å². The number of H-pyrrole nitrogens is 1. The third-order valence-corrected chi connectivity index (χ3v) is 3.40. The summed E-state index contributed by atoms with van der Waals surface area (Å²) in [6, 6.07) is 1.99. The Morgan fingerprint density at radius 2 is 1.83 bits per heavy atom. The quantitative estimate of drug-likeness (QED) is 0.346. The predicted molar refractivity (Wildman–Crippen MR) is 77.5 cm³/mol. The molecule has 122 valence electrons. The summed E-state index contributed by atoms with van der Waals surface area (Å²) in [6.07, 6.45) is 0. The molecular weight excluding hydrogens is 324 g/mol. The monoisotopic (exact) mass is 332 g/mol. The third-order valence-electron chi connectivity index (χ3n) is 3.40. The number of carbonyl (C=O) groups excluding carboxylic acids is 1. The first-order valence-electron chi connectivity index (χ1n) is 6.33. The molecular formula is C14H8N2O8. The highest BCUT2D eigenvalue weighted by Gasteiger charge is 2.24. The Morgan fingerprint density at radius 3 is 2.42 bits per heavy atom. The molecule has 3 rings (SSSR count). The van der Waals surface area contributed by atoms with Gasteiger partial charge in [0.15, 0.2) is 11.5 Å². The molecule has 0 amide bonds. The maximum atomic E-state index is 11.5. The van der Waals surface area contributed by atoms with Crippen LogP contribution in [0.1, 0.15) is 20.8 Å². The number of hydrogen-bond acceptors (Lipinski definition) is 7. The van der Waals surface area contributed by atoms with Gasteiger partial charge in [-0.15, -0.1) is 0 Å². The largest absolute Gasteiger partial charge is 0.504 e. The van der Waals surface area contributed by atoms with E-state index in [1.807, 2.05) is 0 Å². The fourth-order valence-electron chi connectivity index (χ4n) is 2.42. The van der Waals surface area contributed by atoms with Gasteiger partial charge in [0, 0.05) is 16.8 Å². The van der Waals surface area contributed by atoms with Crippen molar-refractivity contribution < 1.29 is 39.5 Å². The van der Waals surface area contributed by atoms with E-state index in [2.05, 4.69) is 14.7 Å². The van der Waals surface area contributed by atoms with Gasteiger partial charge in [-0.1, -0.05) is 0 Å². The first kappa shape index (κ1) is 15.1. The maximum Gasteiger partial charge on any atom is 0.352 e. The van der Waals surface area contributed by atoms with E-state index in [9.17, 15) is 29.7 Å². The Bertz CT molecular complexity index is 1040. The second kappa shape index (κ2) is 5.12. The zero-order valence-electron chi connectivity index (χ0n) is 11.6. The number of nitrogens with zero attached hydrogens (tertiary/aromatic N) is 1. The Morgan fingerprint density at radius 1 is 1.12 bits per heavy atom. The van der Waals surface area contributed by atoms with E-state index in [1.165, 1.54) is 0 Å². The number of fused-ring (bicyclic) bond motifs is 3. The van der Waals surface area contributed by atoms with Crippen LogP contribution >= 0.6 is 0 Å². The molecule has 0 aliphatic carbocycles. The number of benzene rings is 1. The van der Waals surface area contributed by atoms with E-state index in [0.29, 0.717) is 0 Å². The van der Waals surface area contributed by atoms with E-state index >= 15 is 0 Å². The van der Waals surface area contributed by atoms with Gasteiger partial charge in [0.05, 0.1) is 11.1 Å². The minimum Gasteiger partial charge on any atom is -0.504 e. The van der Waals surface area contributed by atoms with E-state index in [-0.39, 0.29) is 34.0 Å². The van der Waals surface area contributed by atoms with E-state index in [0.717, 1.165) is 12.1 Å². The van der Waals surface area contributed by atoms with Crippen molar-refractivity contribution in [3.8, 4) is 17.4 Å². The molecule has 10 heteroatoms. The molecule has 2 aromatic heterocycles. The van der Waals surface area contributed by atoms with E-state index < -0.39 is 34.9 Å². The van der Waals surface area contributed by atoms with Crippen LogP contribution in [0.2, 0.25) is 0 Å². The lowest BCUT2D eigenvalue weighted by Crippen LogP contribution is -2.02. The van der Waals surface area contributed by atoms with Crippen molar-refractivity contribution in [2.75, 3.05) is 0 Å². The van der Waals surface area contributed by atoms with Gasteiger partial charge in [0.2, 0.25) is 5.88 Å². The smallest absolute Gasteiger partial charge is 0.352 e. The van der Waals surface area contributed by atoms with Crippen LogP contribution in [0.25, 0.3) is 21.8 Å². The summed E-state index contributed by atoms with van der Waals surface area (Å²) in [5, 5.41) is 38.3. The van der Waals surface area contributed by atoms with Crippen molar-refractivity contribution in [3.05, 3.63) is 23.4 Å². The molecule has 0 aliphatic heterocycles. The highest BCUT2D eigenvalue weighted by Crippen LogP contribution is 2.43. The number of carbonyl (C=O) groups is 3. The Kier molecular flexibility index (Phi) is 3.22. The molecule has 1 aromatic carbocycles. The average Bonchev–Trinajstić information content (AvgIpc) is 2.97. The number of aromatic nitrogens is 2. The molecule has 3 aromatic rings. The zero-order valence-corrected chi connectivity index (χ0v) is 11.6. The van der Waals surface area contributed by atoms with Crippen LogP contribution in [0.3, 0.4) is 0 Å². The minimum absolute atomic E-state index is 0.0202. The number of aromatic amines is 1. The van der Waals surface area contributed by atoms with Gasteiger partial charge >= 0.3 is 11.9 Å². The van der Waals surface area contributed by atoms with Crippen LogP contribution in [-0.4, -0.2) is 48.8 Å². The molecule has 0 unspecified atom stereocenters. The van der Waals surface area contributed by atoms with Gasteiger partial charge in [-0.3, -0.25) is 4.79 Å². The van der Waals surface area contributed by atoms with Crippen molar-refractivity contribution in [2.24, 2.45) is 0 Å². The standard InChI is InChI=1S/C14H8N2O8/c17-3-24-7-2-4(13(20)21)8-9-5(1-6(15-9)14(22)23)11(18)12(19)10(8)16-7/h1-3,15,18-19H,(H,20,21)(H,22,23). The summed E-state index contributed by atoms with van der Waals surface area (Å²) in [5.41, 5.74) is -1.14. The summed E-state index contributed by atoms with van der Waals surface area (Å²) in [6.45, 7) is 0.0202. The van der Waals surface area contributed by atoms with Crippen LogP contribution in [-0.2, 0) is 4.79 Å². The number of phenols is 2. The molecule has 10 nitrogen and oxygen atoms in total. The lowest BCUT2D eigenvalue weighted by atomic mass is 10.0. The fourth-order valence-corrected chi connectivity index (χ4v) is 2.42. The predicted octanol–water partition coefficient (Wildman–Crippen LogP) is 1.06. The van der Waals surface area contributed by atoms with Crippen LogP contribution < -0.4 is 4.74 Å². The number of rotatable bonds is 4. The highest BCUT2D eigenvalue weighted by atomic mass is 16.5. The van der Waals surface area contributed by atoms with Gasteiger partial charge in [0.25, 0.3) is 6.47 Å². The van der Waals surface area contributed by atoms with Gasteiger partial charge in [-0.05, 0) is 6.07 Å². The van der Waals surface area contributed by atoms with Crippen LogP contribution in [0.5, 0.6) is 17.4 Å². The van der Waals surface area contributed by atoms with Crippen molar-refractivity contribution >= 4 is 40.2 Å². The van der Waals surface area contributed by atoms with Gasteiger partial charge in [-0.2, -0.15) is 0 Å². The number of carboxylic acid groups (broad SMARTS) is 2. The number of aromatic hydroxyl groups is 2. The van der Waals surface area contributed by atoms with Crippen molar-refractivity contribution in [1.29, 1.82) is 0 Å². The van der Waals surface area contributed by atoms with E-state index in [1.54, 1.807) is 0 Å². The molecule has 0 saturated carbocycles. The molecule has 0 bridgehead atoms. The maximum absolute atomic E-state index is 11.5. The lowest BCUT2D eigenvalue weighted by Gasteiger charge is -2.09. The van der Waals surface area contributed by atoms with E-state index in [4.69, 9.17) is 5.11 Å². The number of aromatic carboxylic acids is 2. The molecule has 24 heavy (non-hydrogen) atoms. The normalized spacial score (nSPS) is 10.8. The minimum atomic E-state index is -1.43. The first-order chi connectivity index (χ1) is 11.3. The van der Waals surface area contributed by atoms with Gasteiger partial charge < -0.3 is 30.1 Å². The highest BCUT2D eigenvalue weighted by molar-refractivity contribution is 6.19. The number of pyridine rings is 1. The molecule has 2 heterocycles. The summed E-state index contributed by atoms with van der Waals surface area (Å²) < 4.78 is 4.50. The van der Waals surface area contributed by atoms with Crippen LogP contribution in [0.15, 0.2) is 12.1 Å². The Hall–Kier alpha value is -3.82. The second-order valence-electron chi connectivity index (χ2n) is 4.72.